The highest BCUT2D eigenvalue weighted by Crippen LogP contribution is 2.25. The first-order valence-corrected chi connectivity index (χ1v) is 9.52. The molecule has 3 amide bonds. The van der Waals surface area contributed by atoms with Crippen LogP contribution in [-0.2, 0) is 16.1 Å². The summed E-state index contributed by atoms with van der Waals surface area (Å²) in [6.07, 6.45) is 0.913. The van der Waals surface area contributed by atoms with E-state index in [9.17, 15) is 14.4 Å². The number of aromatic amines is 1. The second-order valence-corrected chi connectivity index (χ2v) is 6.98. The number of nitrogens with zero attached hydrogens (tertiary/aromatic N) is 1. The van der Waals surface area contributed by atoms with Gasteiger partial charge in [0.2, 0.25) is 5.91 Å². The fraction of sp³-hybridized carbons (Fsp3) is 0.158. The van der Waals surface area contributed by atoms with E-state index in [-0.39, 0.29) is 12.3 Å². The van der Waals surface area contributed by atoms with Crippen LogP contribution in [0.2, 0.25) is 0 Å². The van der Waals surface area contributed by atoms with Crippen molar-refractivity contribution in [1.82, 2.24) is 15.3 Å². The van der Waals surface area contributed by atoms with Crippen molar-refractivity contribution < 1.29 is 19.1 Å². The van der Waals surface area contributed by atoms with Crippen LogP contribution < -0.4 is 16.4 Å². The van der Waals surface area contributed by atoms with Crippen LogP contribution in [0.5, 0.6) is 0 Å². The number of primary amides is 1. The van der Waals surface area contributed by atoms with Crippen molar-refractivity contribution >= 4 is 34.4 Å². The number of hydrogen-bond donors (Lipinski definition) is 4. The highest BCUT2D eigenvalue weighted by Gasteiger charge is 2.18. The number of hydrogen-bond acceptors (Lipinski definition) is 6. The molecule has 0 bridgehead atoms. The summed E-state index contributed by atoms with van der Waals surface area (Å²) in [6.45, 7) is 1.65. The number of nitrogens with one attached hydrogen (secondary N) is 3. The van der Waals surface area contributed by atoms with Gasteiger partial charge in [-0.25, -0.2) is 9.78 Å². The van der Waals surface area contributed by atoms with E-state index in [1.54, 1.807) is 24.6 Å². The van der Waals surface area contributed by atoms with Crippen LogP contribution in [0.25, 0.3) is 11.3 Å². The molecule has 1 aromatic carbocycles. The van der Waals surface area contributed by atoms with Crippen LogP contribution in [0.1, 0.15) is 23.0 Å². The number of anilines is 1. The average molecular weight is 413 g/mol. The zero-order valence-corrected chi connectivity index (χ0v) is 16.3. The molecule has 2 aromatic heterocycles. The van der Waals surface area contributed by atoms with Gasteiger partial charge in [-0.1, -0.05) is 30.3 Å². The van der Waals surface area contributed by atoms with E-state index in [0.29, 0.717) is 16.4 Å². The van der Waals surface area contributed by atoms with Crippen molar-refractivity contribution in [3.05, 3.63) is 59.2 Å². The number of alkyl carbamates (subject to hydrolysis) is 1. The van der Waals surface area contributed by atoms with Crippen LogP contribution >= 0.6 is 11.3 Å². The Morgan fingerprint density at radius 2 is 2.03 bits per heavy atom. The van der Waals surface area contributed by atoms with Gasteiger partial charge in [-0.2, -0.15) is 0 Å². The van der Waals surface area contributed by atoms with Crippen molar-refractivity contribution in [2.24, 2.45) is 5.73 Å². The lowest BCUT2D eigenvalue weighted by molar-refractivity contribution is -0.117. The lowest BCUT2D eigenvalue weighted by Crippen LogP contribution is -2.41. The third-order valence-electron chi connectivity index (χ3n) is 3.92. The quantitative estimate of drug-likeness (QED) is 0.471. The lowest BCUT2D eigenvalue weighted by Gasteiger charge is -2.13. The number of carbonyl (C=O) groups is 3. The van der Waals surface area contributed by atoms with Gasteiger partial charge in [0.15, 0.2) is 5.13 Å². The van der Waals surface area contributed by atoms with Crippen molar-refractivity contribution in [3.63, 3.8) is 0 Å². The van der Waals surface area contributed by atoms with Gasteiger partial charge < -0.3 is 26.1 Å². The number of H-pyrrole nitrogens is 1. The maximum Gasteiger partial charge on any atom is 0.408 e. The third kappa shape index (κ3) is 5.42. The zero-order chi connectivity index (χ0) is 20.8. The number of benzene rings is 1. The molecule has 0 aliphatic carbocycles. The van der Waals surface area contributed by atoms with Gasteiger partial charge in [0.1, 0.15) is 18.3 Å². The van der Waals surface area contributed by atoms with Crippen molar-refractivity contribution in [1.29, 1.82) is 0 Å². The van der Waals surface area contributed by atoms with E-state index in [1.165, 1.54) is 11.3 Å². The summed E-state index contributed by atoms with van der Waals surface area (Å²) >= 11 is 1.22. The van der Waals surface area contributed by atoms with Gasteiger partial charge in [0.05, 0.1) is 5.69 Å². The van der Waals surface area contributed by atoms with E-state index in [2.05, 4.69) is 20.6 Å². The summed E-state index contributed by atoms with van der Waals surface area (Å²) in [5.74, 6) is -1.01. The summed E-state index contributed by atoms with van der Waals surface area (Å²) < 4.78 is 5.10. The Balaban J connectivity index is 1.51. The minimum atomic E-state index is -0.820. The third-order valence-corrected chi connectivity index (χ3v) is 4.68. The molecule has 29 heavy (non-hydrogen) atoms. The van der Waals surface area contributed by atoms with E-state index < -0.39 is 23.9 Å². The Hall–Kier alpha value is -3.66. The molecular formula is C19H19N5O4S. The SMILES string of the molecule is C[C@H](NC(=O)OCc1ccccc1)C(=O)Nc1nc(-c2c[nH]c(C(N)=O)c2)cs1. The normalized spacial score (nSPS) is 11.5. The van der Waals surface area contributed by atoms with E-state index in [4.69, 9.17) is 10.5 Å². The molecule has 0 saturated carbocycles. The van der Waals surface area contributed by atoms with E-state index in [1.807, 2.05) is 30.3 Å². The fourth-order valence-corrected chi connectivity index (χ4v) is 3.09. The zero-order valence-electron chi connectivity index (χ0n) is 15.5. The van der Waals surface area contributed by atoms with Crippen LogP contribution in [0.4, 0.5) is 9.93 Å². The maximum absolute atomic E-state index is 12.3. The number of nitrogens with two attached hydrogens (primary N) is 1. The van der Waals surface area contributed by atoms with Crippen LogP contribution in [0.15, 0.2) is 48.0 Å². The maximum atomic E-state index is 12.3. The van der Waals surface area contributed by atoms with Crippen molar-refractivity contribution in [3.8, 4) is 11.3 Å². The fourth-order valence-electron chi connectivity index (χ4n) is 2.37. The smallest absolute Gasteiger partial charge is 0.408 e. The Morgan fingerprint density at radius 1 is 1.28 bits per heavy atom. The topological polar surface area (TPSA) is 139 Å². The molecule has 0 spiro atoms. The van der Waals surface area contributed by atoms with Crippen LogP contribution in [0, 0.1) is 0 Å². The first-order chi connectivity index (χ1) is 13.9. The molecule has 0 aliphatic heterocycles. The monoisotopic (exact) mass is 413 g/mol. The van der Waals surface area contributed by atoms with Gasteiger partial charge in [-0.3, -0.25) is 9.59 Å². The molecule has 2 heterocycles. The molecule has 0 unspecified atom stereocenters. The predicted molar refractivity (Wildman–Crippen MR) is 108 cm³/mol. The van der Waals surface area contributed by atoms with Gasteiger partial charge >= 0.3 is 6.09 Å². The summed E-state index contributed by atoms with van der Waals surface area (Å²) in [5, 5.41) is 7.20. The molecule has 10 heteroatoms. The van der Waals surface area contributed by atoms with Gasteiger partial charge in [-0.15, -0.1) is 11.3 Å². The molecule has 0 fully saturated rings. The molecule has 0 aliphatic rings. The first kappa shape index (κ1) is 20.1. The number of rotatable bonds is 7. The summed E-state index contributed by atoms with van der Waals surface area (Å²) in [5.41, 5.74) is 7.58. The Morgan fingerprint density at radius 3 is 2.72 bits per heavy atom. The molecule has 1 atom stereocenters. The van der Waals surface area contributed by atoms with Crippen LogP contribution in [0.3, 0.4) is 0 Å². The number of aromatic nitrogens is 2. The highest BCUT2D eigenvalue weighted by atomic mass is 32.1. The molecule has 0 radical (unpaired) electrons. The number of carbonyl (C=O) groups excluding carboxylic acids is 3. The van der Waals surface area contributed by atoms with Gasteiger partial charge in [0, 0.05) is 17.1 Å². The molecule has 3 aromatic rings. The molecule has 3 rings (SSSR count). The minimum Gasteiger partial charge on any atom is -0.445 e. The molecule has 150 valence electrons. The number of ether oxygens (including phenoxy) is 1. The number of thiazole rings is 1. The largest absolute Gasteiger partial charge is 0.445 e. The molecule has 5 N–H and O–H groups in total. The van der Waals surface area contributed by atoms with E-state index in [0.717, 1.165) is 5.56 Å². The molecule has 0 saturated heterocycles. The summed E-state index contributed by atoms with van der Waals surface area (Å²) in [4.78, 5) is 42.4. The van der Waals surface area contributed by atoms with Crippen molar-refractivity contribution in [2.45, 2.75) is 19.6 Å². The second kappa shape index (κ2) is 9.02. The average Bonchev–Trinajstić information content (AvgIpc) is 3.36. The van der Waals surface area contributed by atoms with Crippen LogP contribution in [-0.4, -0.2) is 33.9 Å². The summed E-state index contributed by atoms with van der Waals surface area (Å²) in [7, 11) is 0. The summed E-state index contributed by atoms with van der Waals surface area (Å²) in [6, 6.07) is 9.98. The Bertz CT molecular complexity index is 1010. The predicted octanol–water partition coefficient (Wildman–Crippen LogP) is 2.49. The number of amides is 3. The minimum absolute atomic E-state index is 0.112. The van der Waals surface area contributed by atoms with Gasteiger partial charge in [0.25, 0.3) is 5.91 Å². The second-order valence-electron chi connectivity index (χ2n) is 6.12. The Labute approximate surface area is 170 Å². The first-order valence-electron chi connectivity index (χ1n) is 8.64. The Kier molecular flexibility index (Phi) is 6.25. The van der Waals surface area contributed by atoms with E-state index >= 15 is 0 Å². The lowest BCUT2D eigenvalue weighted by atomic mass is 10.2. The van der Waals surface area contributed by atoms with Crippen molar-refractivity contribution in [2.75, 3.05) is 5.32 Å². The molecular weight excluding hydrogens is 394 g/mol. The van der Waals surface area contributed by atoms with Gasteiger partial charge in [-0.05, 0) is 18.6 Å². The molecule has 9 nitrogen and oxygen atoms in total. The highest BCUT2D eigenvalue weighted by molar-refractivity contribution is 7.14. The standard InChI is InChI=1S/C19H19N5O4S/c1-11(22-19(27)28-9-12-5-3-2-4-6-12)17(26)24-18-23-15(10-29-18)13-7-14(16(20)25)21-8-13/h2-8,10-11,21H,9H2,1H3,(H2,20,25)(H,22,27)(H,23,24,26)/t11-/m0/s1.